The molecule has 0 fully saturated rings. The zero-order chi connectivity index (χ0) is 18.4. The summed E-state index contributed by atoms with van der Waals surface area (Å²) in [6, 6.07) is 11.3. The average molecular weight is 368 g/mol. The molecule has 3 aromatic rings. The highest BCUT2D eigenvalue weighted by atomic mass is 35.5. The summed E-state index contributed by atoms with van der Waals surface area (Å²) < 4.78 is 1.99. The van der Waals surface area contributed by atoms with Crippen LogP contribution in [0.2, 0.25) is 5.02 Å². The number of amides is 1. The molecule has 0 radical (unpaired) electrons. The summed E-state index contributed by atoms with van der Waals surface area (Å²) in [6.45, 7) is 6.06. The molecule has 0 saturated carbocycles. The van der Waals surface area contributed by atoms with E-state index in [1.54, 1.807) is 11.8 Å². The minimum absolute atomic E-state index is 0.0103. The van der Waals surface area contributed by atoms with Gasteiger partial charge >= 0.3 is 0 Å². The Hall–Kier alpha value is -2.73. The molecule has 6 nitrogen and oxygen atoms in total. The van der Waals surface area contributed by atoms with Crippen LogP contribution in [0.3, 0.4) is 0 Å². The molecule has 1 aliphatic heterocycles. The van der Waals surface area contributed by atoms with Gasteiger partial charge in [0.2, 0.25) is 5.91 Å². The quantitative estimate of drug-likeness (QED) is 0.657. The number of rotatable bonds is 1. The Balaban J connectivity index is 2.01. The summed E-state index contributed by atoms with van der Waals surface area (Å²) >= 11 is 6.22. The molecular weight excluding hydrogens is 350 g/mol. The molecule has 1 amide bonds. The number of anilines is 1. The summed E-state index contributed by atoms with van der Waals surface area (Å²) in [5.41, 5.74) is 3.23. The number of carbonyl (C=O) groups excluding carboxylic acids is 1. The van der Waals surface area contributed by atoms with Crippen LogP contribution >= 0.6 is 11.6 Å². The van der Waals surface area contributed by atoms with Crippen LogP contribution in [0.1, 0.15) is 31.3 Å². The van der Waals surface area contributed by atoms with E-state index in [0.29, 0.717) is 17.4 Å². The number of hydrogen-bond donors (Lipinski definition) is 0. The fourth-order valence-electron chi connectivity index (χ4n) is 3.34. The number of benzene rings is 1. The van der Waals surface area contributed by atoms with Gasteiger partial charge in [-0.3, -0.25) is 9.36 Å². The van der Waals surface area contributed by atoms with Crippen molar-refractivity contribution in [3.05, 3.63) is 52.9 Å². The van der Waals surface area contributed by atoms with Crippen LogP contribution in [0, 0.1) is 6.92 Å². The zero-order valence-corrected chi connectivity index (χ0v) is 15.5. The molecule has 1 atom stereocenters. The maximum atomic E-state index is 12.3. The molecule has 26 heavy (non-hydrogen) atoms. The summed E-state index contributed by atoms with van der Waals surface area (Å²) in [6.07, 6.45) is 0. The van der Waals surface area contributed by atoms with E-state index in [2.05, 4.69) is 15.2 Å². The van der Waals surface area contributed by atoms with Crippen LogP contribution in [-0.4, -0.2) is 32.2 Å². The van der Waals surface area contributed by atoms with Crippen molar-refractivity contribution in [3.63, 3.8) is 0 Å². The highest BCUT2D eigenvalue weighted by Crippen LogP contribution is 2.37. The first kappa shape index (κ1) is 16.7. The average Bonchev–Trinajstić information content (AvgIpc) is 2.99. The minimum atomic E-state index is -0.0330. The van der Waals surface area contributed by atoms with Gasteiger partial charge in [-0.05, 0) is 37.3 Å². The molecule has 1 aliphatic rings. The first-order chi connectivity index (χ1) is 12.5. The van der Waals surface area contributed by atoms with Crippen LogP contribution in [0.15, 0.2) is 36.4 Å². The zero-order valence-electron chi connectivity index (χ0n) is 14.8. The molecule has 0 N–H and O–H groups in total. The van der Waals surface area contributed by atoms with Crippen LogP contribution in [0.4, 0.5) is 5.69 Å². The number of aromatic nitrogens is 4. The Labute approximate surface area is 156 Å². The van der Waals surface area contributed by atoms with Gasteiger partial charge in [0.25, 0.3) is 0 Å². The lowest BCUT2D eigenvalue weighted by Crippen LogP contribution is -2.31. The normalized spacial score (nSPS) is 16.0. The predicted octanol–water partition coefficient (Wildman–Crippen LogP) is 3.76. The second kappa shape index (κ2) is 6.21. The van der Waals surface area contributed by atoms with Gasteiger partial charge in [-0.2, -0.15) is 0 Å². The third-order valence-electron chi connectivity index (χ3n) is 4.55. The fraction of sp³-hybridized carbons (Fsp3) is 0.263. The molecule has 0 saturated heterocycles. The van der Waals surface area contributed by atoms with Crippen molar-refractivity contribution in [2.45, 2.75) is 26.7 Å². The second-order valence-corrected chi connectivity index (χ2v) is 6.98. The fourth-order valence-corrected chi connectivity index (χ4v) is 3.51. The molecule has 0 aliphatic carbocycles. The third-order valence-corrected chi connectivity index (χ3v) is 4.79. The molecular formula is C19H18ClN5O. The van der Waals surface area contributed by atoms with E-state index in [9.17, 15) is 4.79 Å². The van der Waals surface area contributed by atoms with Crippen molar-refractivity contribution in [3.8, 4) is 17.2 Å². The van der Waals surface area contributed by atoms with E-state index in [1.165, 1.54) is 0 Å². The van der Waals surface area contributed by atoms with Crippen molar-refractivity contribution in [1.29, 1.82) is 0 Å². The minimum Gasteiger partial charge on any atom is -0.310 e. The summed E-state index contributed by atoms with van der Waals surface area (Å²) in [7, 11) is 0. The van der Waals surface area contributed by atoms with Crippen LogP contribution in [0.5, 0.6) is 0 Å². The number of carbonyl (C=O) groups is 1. The van der Waals surface area contributed by atoms with E-state index in [-0.39, 0.29) is 11.8 Å². The van der Waals surface area contributed by atoms with Crippen molar-refractivity contribution in [2.75, 3.05) is 11.4 Å². The van der Waals surface area contributed by atoms with E-state index in [0.717, 1.165) is 28.6 Å². The standard InChI is InChI=1S/C19H18ClN5O/c1-11-10-24(13(3)26)17-9-14(20)7-8-16(17)25-18(11)22-23-19(25)15-6-4-5-12(2)21-15/h4-9,11H,10H2,1-3H3/t11-/m1/s1. The molecule has 0 unspecified atom stereocenters. The number of fused-ring (bicyclic) bond motifs is 3. The molecule has 3 heterocycles. The van der Waals surface area contributed by atoms with Crippen LogP contribution < -0.4 is 4.90 Å². The molecule has 2 aromatic heterocycles. The van der Waals surface area contributed by atoms with Gasteiger partial charge in [0.15, 0.2) is 5.82 Å². The summed E-state index contributed by atoms with van der Waals surface area (Å²) in [5.74, 6) is 1.44. The highest BCUT2D eigenvalue weighted by molar-refractivity contribution is 6.31. The molecule has 0 bridgehead atoms. The Bertz CT molecular complexity index is 1010. The Morgan fingerprint density at radius 1 is 1.19 bits per heavy atom. The predicted molar refractivity (Wildman–Crippen MR) is 101 cm³/mol. The summed E-state index contributed by atoms with van der Waals surface area (Å²) in [4.78, 5) is 18.6. The number of aryl methyl sites for hydroxylation is 1. The van der Waals surface area contributed by atoms with Gasteiger partial charge in [-0.1, -0.05) is 24.6 Å². The topological polar surface area (TPSA) is 63.9 Å². The lowest BCUT2D eigenvalue weighted by molar-refractivity contribution is -0.116. The van der Waals surface area contributed by atoms with Crippen LogP contribution in [0.25, 0.3) is 17.2 Å². The highest BCUT2D eigenvalue weighted by Gasteiger charge is 2.30. The van der Waals surface area contributed by atoms with Crippen molar-refractivity contribution in [2.24, 2.45) is 0 Å². The van der Waals surface area contributed by atoms with E-state index < -0.39 is 0 Å². The van der Waals surface area contributed by atoms with Crippen molar-refractivity contribution in [1.82, 2.24) is 19.7 Å². The van der Waals surface area contributed by atoms with Crippen molar-refractivity contribution >= 4 is 23.2 Å². The lowest BCUT2D eigenvalue weighted by atomic mass is 10.1. The molecule has 4 rings (SSSR count). The Kier molecular flexibility index (Phi) is 4.00. The van der Waals surface area contributed by atoms with Gasteiger partial charge < -0.3 is 4.90 Å². The SMILES string of the molecule is CC(=O)N1C[C@@H](C)c2nnc(-c3cccc(C)n3)n2-c2ccc(Cl)cc21. The molecule has 1 aromatic carbocycles. The van der Waals surface area contributed by atoms with E-state index in [1.807, 2.05) is 54.8 Å². The largest absolute Gasteiger partial charge is 0.310 e. The smallest absolute Gasteiger partial charge is 0.223 e. The first-order valence-electron chi connectivity index (χ1n) is 8.43. The van der Waals surface area contributed by atoms with Gasteiger partial charge in [0.1, 0.15) is 11.5 Å². The third kappa shape index (κ3) is 2.66. The summed E-state index contributed by atoms with van der Waals surface area (Å²) in [5, 5.41) is 9.41. The van der Waals surface area contributed by atoms with Crippen molar-refractivity contribution < 1.29 is 4.79 Å². The van der Waals surface area contributed by atoms with Gasteiger partial charge in [0.05, 0.1) is 11.4 Å². The molecule has 132 valence electrons. The second-order valence-electron chi connectivity index (χ2n) is 6.55. The maximum absolute atomic E-state index is 12.3. The number of halogens is 1. The Morgan fingerprint density at radius 3 is 2.73 bits per heavy atom. The Morgan fingerprint density at radius 2 is 2.00 bits per heavy atom. The van der Waals surface area contributed by atoms with E-state index in [4.69, 9.17) is 11.6 Å². The maximum Gasteiger partial charge on any atom is 0.223 e. The lowest BCUT2D eigenvalue weighted by Gasteiger charge is -2.23. The number of pyridine rings is 1. The van der Waals surface area contributed by atoms with E-state index >= 15 is 0 Å². The molecule has 7 heteroatoms. The van der Waals surface area contributed by atoms with Gasteiger partial charge in [0, 0.05) is 30.1 Å². The molecule has 0 spiro atoms. The number of hydrogen-bond acceptors (Lipinski definition) is 4. The monoisotopic (exact) mass is 367 g/mol. The van der Waals surface area contributed by atoms with Crippen LogP contribution in [-0.2, 0) is 4.79 Å². The first-order valence-corrected chi connectivity index (χ1v) is 8.81. The number of nitrogens with zero attached hydrogens (tertiary/aromatic N) is 5. The van der Waals surface area contributed by atoms with Gasteiger partial charge in [-0.15, -0.1) is 10.2 Å². The van der Waals surface area contributed by atoms with Gasteiger partial charge in [-0.25, -0.2) is 4.98 Å².